The van der Waals surface area contributed by atoms with Crippen molar-refractivity contribution < 1.29 is 39.8 Å². The quantitative estimate of drug-likeness (QED) is 0.374. The largest absolute Gasteiger partial charge is 0.479 e. The van der Waals surface area contributed by atoms with Gasteiger partial charge in [0.25, 0.3) is 0 Å². The number of carboxylic acids is 1. The Hall–Kier alpha value is -0.770. The molecule has 1 aliphatic heterocycles. The highest BCUT2D eigenvalue weighted by molar-refractivity contribution is 5.73. The summed E-state index contributed by atoms with van der Waals surface area (Å²) < 4.78 is 11.4. The maximum Gasteiger partial charge on any atom is 0.335 e. The lowest BCUT2D eigenvalue weighted by molar-refractivity contribution is -0.309. The summed E-state index contributed by atoms with van der Waals surface area (Å²) in [5.74, 6) is 1.60. The summed E-state index contributed by atoms with van der Waals surface area (Å²) >= 11 is 0. The average molecular weight is 497 g/mol. The Morgan fingerprint density at radius 1 is 0.914 bits per heavy atom. The molecule has 14 atom stereocenters. The van der Waals surface area contributed by atoms with Crippen LogP contribution in [0.2, 0.25) is 0 Å². The number of aliphatic carboxylic acids is 1. The molecule has 8 nitrogen and oxygen atoms in total. The van der Waals surface area contributed by atoms with Crippen molar-refractivity contribution in [1.82, 2.24) is 0 Å². The first-order valence-electron chi connectivity index (χ1n) is 13.7. The van der Waals surface area contributed by atoms with Crippen molar-refractivity contribution >= 4 is 5.97 Å². The van der Waals surface area contributed by atoms with Crippen LogP contribution in [-0.2, 0) is 14.3 Å². The number of hydrogen-bond donors (Lipinski definition) is 5. The van der Waals surface area contributed by atoms with Gasteiger partial charge in [-0.15, -0.1) is 0 Å². The van der Waals surface area contributed by atoms with Gasteiger partial charge in [-0.05, 0) is 105 Å². The Balaban J connectivity index is 1.26. The zero-order chi connectivity index (χ0) is 25.3. The van der Waals surface area contributed by atoms with E-state index in [0.29, 0.717) is 29.6 Å². The van der Waals surface area contributed by atoms with Gasteiger partial charge in [-0.2, -0.15) is 0 Å². The molecule has 4 aliphatic carbocycles. The Kier molecular flexibility index (Phi) is 6.80. The molecule has 1 heterocycles. The van der Waals surface area contributed by atoms with Crippen molar-refractivity contribution in [1.29, 1.82) is 0 Å². The van der Waals surface area contributed by atoms with Gasteiger partial charge in [0.15, 0.2) is 12.4 Å². The molecule has 0 aromatic rings. The van der Waals surface area contributed by atoms with Crippen LogP contribution in [0.3, 0.4) is 0 Å². The molecule has 0 aromatic carbocycles. The minimum atomic E-state index is -1.70. The molecule has 5 fully saturated rings. The SMILES string of the molecule is CC(O)C1CCC2C3CCC4CC(OC5OC(C(=O)O)C(O)C(O)C5O)CC[C@]4(C)C3CC[C@]12C. The summed E-state index contributed by atoms with van der Waals surface area (Å²) in [5, 5.41) is 50.2. The Labute approximate surface area is 208 Å². The maximum absolute atomic E-state index is 11.4. The molecule has 1 saturated heterocycles. The Morgan fingerprint density at radius 3 is 2.29 bits per heavy atom. The molecule has 0 aromatic heterocycles. The topological polar surface area (TPSA) is 137 Å². The first-order chi connectivity index (χ1) is 16.5. The van der Waals surface area contributed by atoms with Gasteiger partial charge in [0.2, 0.25) is 0 Å². The zero-order valence-electron chi connectivity index (χ0n) is 21.3. The van der Waals surface area contributed by atoms with E-state index in [1.165, 1.54) is 25.7 Å². The molecule has 0 radical (unpaired) electrons. The lowest BCUT2D eigenvalue weighted by Crippen LogP contribution is -2.61. The summed E-state index contributed by atoms with van der Waals surface area (Å²) in [6.07, 6.45) is 1.63. The smallest absolute Gasteiger partial charge is 0.335 e. The van der Waals surface area contributed by atoms with Crippen LogP contribution in [0.15, 0.2) is 0 Å². The van der Waals surface area contributed by atoms with E-state index in [1.807, 2.05) is 6.92 Å². The fraction of sp³-hybridized carbons (Fsp3) is 0.963. The van der Waals surface area contributed by atoms with Gasteiger partial charge in [0.1, 0.15) is 18.3 Å². The van der Waals surface area contributed by atoms with Crippen molar-refractivity contribution in [2.75, 3.05) is 0 Å². The molecule has 8 heteroatoms. The van der Waals surface area contributed by atoms with Crippen molar-refractivity contribution in [3.8, 4) is 0 Å². The van der Waals surface area contributed by atoms with E-state index in [0.717, 1.165) is 32.1 Å². The van der Waals surface area contributed by atoms with E-state index in [1.54, 1.807) is 0 Å². The summed E-state index contributed by atoms with van der Waals surface area (Å²) in [6, 6.07) is 0. The molecule has 0 amide bonds. The highest BCUT2D eigenvalue weighted by Gasteiger charge is 2.61. The van der Waals surface area contributed by atoms with Crippen molar-refractivity contribution in [2.24, 2.45) is 40.4 Å². The molecule has 0 bridgehead atoms. The van der Waals surface area contributed by atoms with Crippen LogP contribution in [0.1, 0.15) is 78.6 Å². The lowest BCUT2D eigenvalue weighted by atomic mass is 9.44. The minimum Gasteiger partial charge on any atom is -0.479 e. The van der Waals surface area contributed by atoms with Crippen molar-refractivity contribution in [2.45, 2.75) is 121 Å². The summed E-state index contributed by atoms with van der Waals surface area (Å²) in [4.78, 5) is 11.4. The molecule has 5 N–H and O–H groups in total. The third-order valence-electron chi connectivity index (χ3n) is 11.4. The highest BCUT2D eigenvalue weighted by Crippen LogP contribution is 2.67. The number of carbonyl (C=O) groups is 1. The maximum atomic E-state index is 11.4. The Bertz CT molecular complexity index is 804. The van der Waals surface area contributed by atoms with Crippen molar-refractivity contribution in [3.05, 3.63) is 0 Å². The number of aliphatic hydroxyl groups excluding tert-OH is 4. The van der Waals surface area contributed by atoms with Gasteiger partial charge in [0, 0.05) is 0 Å². The average Bonchev–Trinajstić information content (AvgIpc) is 3.17. The van der Waals surface area contributed by atoms with E-state index >= 15 is 0 Å². The van der Waals surface area contributed by atoms with Crippen LogP contribution in [0.25, 0.3) is 0 Å². The van der Waals surface area contributed by atoms with Crippen LogP contribution in [0.5, 0.6) is 0 Å². The van der Waals surface area contributed by atoms with Crippen LogP contribution >= 0.6 is 0 Å². The second-order valence-electron chi connectivity index (χ2n) is 12.9. The van der Waals surface area contributed by atoms with Crippen molar-refractivity contribution in [3.63, 3.8) is 0 Å². The molecular formula is C27H44O8. The van der Waals surface area contributed by atoms with Crippen LogP contribution in [-0.4, -0.2) is 74.4 Å². The predicted molar refractivity (Wildman–Crippen MR) is 126 cm³/mol. The summed E-state index contributed by atoms with van der Waals surface area (Å²) in [7, 11) is 0. The van der Waals surface area contributed by atoms with Gasteiger partial charge in [-0.3, -0.25) is 0 Å². The number of ether oxygens (including phenoxy) is 2. The molecule has 4 saturated carbocycles. The minimum absolute atomic E-state index is 0.180. The second-order valence-corrected chi connectivity index (χ2v) is 12.9. The normalized spacial score (nSPS) is 54.9. The van der Waals surface area contributed by atoms with Crippen LogP contribution < -0.4 is 0 Å². The van der Waals surface area contributed by atoms with Crippen LogP contribution in [0.4, 0.5) is 0 Å². The lowest BCUT2D eigenvalue weighted by Gasteiger charge is -2.61. The molecular weight excluding hydrogens is 452 g/mol. The number of carboxylic acid groups (broad SMARTS) is 1. The third kappa shape index (κ3) is 4.07. The first-order valence-corrected chi connectivity index (χ1v) is 13.7. The van der Waals surface area contributed by atoms with Gasteiger partial charge in [-0.25, -0.2) is 4.79 Å². The number of rotatable bonds is 4. The number of aliphatic hydroxyl groups is 4. The van der Waals surface area contributed by atoms with Gasteiger partial charge >= 0.3 is 5.97 Å². The first kappa shape index (κ1) is 25.9. The van der Waals surface area contributed by atoms with E-state index < -0.39 is 36.7 Å². The summed E-state index contributed by atoms with van der Waals surface area (Å²) in [5.41, 5.74) is 0.484. The monoisotopic (exact) mass is 496 g/mol. The standard InChI is InChI=1S/C27H44O8/c1-13(28)17-6-7-18-16-5-4-14-12-15(8-10-26(14,2)19(16)9-11-27(17,18)3)34-25-22(31)20(29)21(30)23(35-25)24(32)33/h13-23,25,28-31H,4-12H2,1-3H3,(H,32,33)/t13?,14?,15?,16?,17?,18?,19?,20?,21?,22?,23?,25?,26-,27+/m0/s1. The summed E-state index contributed by atoms with van der Waals surface area (Å²) in [6.45, 7) is 6.86. The predicted octanol–water partition coefficient (Wildman–Crippen LogP) is 2.30. The van der Waals surface area contributed by atoms with Crippen LogP contribution in [0, 0.1) is 40.4 Å². The van der Waals surface area contributed by atoms with Gasteiger partial charge in [0.05, 0.1) is 12.2 Å². The van der Waals surface area contributed by atoms with E-state index in [2.05, 4.69) is 13.8 Å². The molecule has 200 valence electrons. The fourth-order valence-corrected chi connectivity index (χ4v) is 9.53. The number of fused-ring (bicyclic) bond motifs is 5. The Morgan fingerprint density at radius 2 is 1.60 bits per heavy atom. The van der Waals surface area contributed by atoms with E-state index in [-0.39, 0.29) is 23.0 Å². The number of hydrogen-bond acceptors (Lipinski definition) is 7. The molecule has 5 rings (SSSR count). The molecule has 5 aliphatic rings. The zero-order valence-corrected chi connectivity index (χ0v) is 21.3. The molecule has 12 unspecified atom stereocenters. The highest BCUT2D eigenvalue weighted by atomic mass is 16.7. The van der Waals surface area contributed by atoms with E-state index in [9.17, 15) is 30.3 Å². The van der Waals surface area contributed by atoms with E-state index in [4.69, 9.17) is 9.47 Å². The molecule has 35 heavy (non-hydrogen) atoms. The van der Waals surface area contributed by atoms with Gasteiger partial charge in [-0.1, -0.05) is 13.8 Å². The second kappa shape index (κ2) is 9.21. The fourth-order valence-electron chi connectivity index (χ4n) is 9.53. The third-order valence-corrected chi connectivity index (χ3v) is 11.4. The molecule has 0 spiro atoms. The van der Waals surface area contributed by atoms with Gasteiger partial charge < -0.3 is 35.0 Å².